The minimum absolute atomic E-state index is 0.0393. The van der Waals surface area contributed by atoms with E-state index >= 15 is 0 Å². The summed E-state index contributed by atoms with van der Waals surface area (Å²) in [5, 5.41) is 4.00. The van der Waals surface area contributed by atoms with Gasteiger partial charge in [-0.2, -0.15) is 0 Å². The molecule has 1 unspecified atom stereocenters. The van der Waals surface area contributed by atoms with Crippen LogP contribution in [0.5, 0.6) is 0 Å². The number of anilines is 1. The van der Waals surface area contributed by atoms with Crippen LogP contribution in [0.25, 0.3) is 0 Å². The maximum absolute atomic E-state index is 10.6. The zero-order valence-corrected chi connectivity index (χ0v) is 9.44. The first-order chi connectivity index (χ1) is 6.49. The first-order valence-electron chi connectivity index (χ1n) is 4.48. The number of carbonyl (C=O) groups excluding carboxylic acids is 1. The van der Waals surface area contributed by atoms with Crippen molar-refractivity contribution in [1.29, 1.82) is 0 Å². The number of carbonyl (C=O) groups is 1. The van der Waals surface area contributed by atoms with Gasteiger partial charge in [-0.15, -0.1) is 11.3 Å². The molecule has 5 heteroatoms. The lowest BCUT2D eigenvalue weighted by atomic mass is 10.2. The highest BCUT2D eigenvalue weighted by molar-refractivity contribution is 7.15. The second-order valence-corrected chi connectivity index (χ2v) is 4.58. The van der Waals surface area contributed by atoms with Crippen LogP contribution in [-0.2, 0) is 4.79 Å². The van der Waals surface area contributed by atoms with Crippen LogP contribution < -0.4 is 11.1 Å². The molecule has 1 heterocycles. The van der Waals surface area contributed by atoms with Gasteiger partial charge >= 0.3 is 0 Å². The molecule has 4 nitrogen and oxygen atoms in total. The molecule has 0 bridgehead atoms. The predicted octanol–water partition coefficient (Wildman–Crippen LogP) is 1.44. The average molecular weight is 213 g/mol. The molecule has 1 aromatic heterocycles. The number of hydrogen-bond donors (Lipinski definition) is 2. The van der Waals surface area contributed by atoms with E-state index in [0.717, 1.165) is 10.8 Å². The highest BCUT2D eigenvalue weighted by atomic mass is 32.1. The van der Waals surface area contributed by atoms with E-state index in [-0.39, 0.29) is 11.9 Å². The summed E-state index contributed by atoms with van der Waals surface area (Å²) in [5.74, 6) is -0.296. The average Bonchev–Trinajstić information content (AvgIpc) is 2.28. The normalized spacial score (nSPS) is 12.5. The van der Waals surface area contributed by atoms with Gasteiger partial charge < -0.3 is 11.1 Å². The van der Waals surface area contributed by atoms with Crippen molar-refractivity contribution in [2.45, 2.75) is 33.2 Å². The Balaban J connectivity index is 2.56. The van der Waals surface area contributed by atoms with Gasteiger partial charge in [0.25, 0.3) is 0 Å². The first-order valence-corrected chi connectivity index (χ1v) is 5.29. The molecule has 0 fully saturated rings. The number of amides is 1. The number of aromatic nitrogens is 1. The molecule has 1 atom stereocenters. The molecule has 0 aliphatic heterocycles. The minimum Gasteiger partial charge on any atom is -0.370 e. The number of rotatable bonds is 4. The molecule has 0 aromatic carbocycles. The largest absolute Gasteiger partial charge is 0.370 e. The van der Waals surface area contributed by atoms with E-state index in [2.05, 4.69) is 10.3 Å². The van der Waals surface area contributed by atoms with E-state index in [9.17, 15) is 4.79 Å². The number of nitrogens with zero attached hydrogens (tertiary/aromatic N) is 1. The van der Waals surface area contributed by atoms with Crippen molar-refractivity contribution < 1.29 is 4.79 Å². The molecule has 1 amide bonds. The zero-order chi connectivity index (χ0) is 10.7. The lowest BCUT2D eigenvalue weighted by molar-refractivity contribution is -0.118. The van der Waals surface area contributed by atoms with Crippen molar-refractivity contribution in [2.75, 3.05) is 5.32 Å². The van der Waals surface area contributed by atoms with E-state index < -0.39 is 0 Å². The topological polar surface area (TPSA) is 68.0 Å². The maximum atomic E-state index is 10.6. The van der Waals surface area contributed by atoms with Crippen LogP contribution in [0.4, 0.5) is 5.13 Å². The highest BCUT2D eigenvalue weighted by Crippen LogP contribution is 2.21. The molecule has 1 aromatic rings. The van der Waals surface area contributed by atoms with Gasteiger partial charge in [-0.1, -0.05) is 0 Å². The number of thiazole rings is 1. The van der Waals surface area contributed by atoms with Gasteiger partial charge in [-0.25, -0.2) is 4.98 Å². The lowest BCUT2D eigenvalue weighted by Gasteiger charge is -2.09. The van der Waals surface area contributed by atoms with Crippen molar-refractivity contribution in [3.05, 3.63) is 10.6 Å². The quantitative estimate of drug-likeness (QED) is 0.795. The molecule has 0 radical (unpaired) electrons. The summed E-state index contributed by atoms with van der Waals surface area (Å²) in [7, 11) is 0. The summed E-state index contributed by atoms with van der Waals surface area (Å²) in [6.07, 6.45) is 0.331. The fourth-order valence-electron chi connectivity index (χ4n) is 1.10. The summed E-state index contributed by atoms with van der Waals surface area (Å²) in [5.41, 5.74) is 6.12. The van der Waals surface area contributed by atoms with Gasteiger partial charge in [-0.3, -0.25) is 4.79 Å². The minimum atomic E-state index is -0.296. The van der Waals surface area contributed by atoms with Gasteiger partial charge in [-0.05, 0) is 20.8 Å². The van der Waals surface area contributed by atoms with E-state index in [1.54, 1.807) is 11.3 Å². The molecule has 0 aliphatic carbocycles. The van der Waals surface area contributed by atoms with Crippen LogP contribution in [0.1, 0.15) is 23.9 Å². The Morgan fingerprint density at radius 3 is 2.71 bits per heavy atom. The van der Waals surface area contributed by atoms with Crippen molar-refractivity contribution in [1.82, 2.24) is 4.98 Å². The molecular weight excluding hydrogens is 198 g/mol. The van der Waals surface area contributed by atoms with Gasteiger partial charge in [0, 0.05) is 17.3 Å². The summed E-state index contributed by atoms with van der Waals surface area (Å²) in [6.45, 7) is 5.91. The number of hydrogen-bond acceptors (Lipinski definition) is 4. The summed E-state index contributed by atoms with van der Waals surface area (Å²) in [6, 6.07) is 0.0393. The van der Waals surface area contributed by atoms with Crippen molar-refractivity contribution in [2.24, 2.45) is 5.73 Å². The molecular formula is C9H15N3OS. The Kier molecular flexibility index (Phi) is 3.46. The zero-order valence-electron chi connectivity index (χ0n) is 8.63. The Labute approximate surface area is 87.5 Å². The Morgan fingerprint density at radius 1 is 1.64 bits per heavy atom. The fourth-order valence-corrected chi connectivity index (χ4v) is 2.02. The third-order valence-corrected chi connectivity index (χ3v) is 2.91. The second-order valence-electron chi connectivity index (χ2n) is 3.38. The molecule has 78 valence electrons. The smallest absolute Gasteiger partial charge is 0.219 e. The third-order valence-electron chi connectivity index (χ3n) is 1.91. The van der Waals surface area contributed by atoms with Crippen LogP contribution >= 0.6 is 11.3 Å². The molecule has 1 rings (SSSR count). The molecule has 0 saturated heterocycles. The van der Waals surface area contributed by atoms with E-state index in [1.165, 1.54) is 4.88 Å². The van der Waals surface area contributed by atoms with Crippen molar-refractivity contribution in [3.63, 3.8) is 0 Å². The van der Waals surface area contributed by atoms with Gasteiger partial charge in [0.2, 0.25) is 5.91 Å². The Bertz CT molecular complexity index is 315. The summed E-state index contributed by atoms with van der Waals surface area (Å²) < 4.78 is 0. The first kappa shape index (κ1) is 11.0. The summed E-state index contributed by atoms with van der Waals surface area (Å²) in [4.78, 5) is 16.1. The van der Waals surface area contributed by atoms with E-state index in [4.69, 9.17) is 5.73 Å². The highest BCUT2D eigenvalue weighted by Gasteiger charge is 2.09. The van der Waals surface area contributed by atoms with Gasteiger partial charge in [0.05, 0.1) is 5.69 Å². The standard InChI is InChI=1S/C9H15N3OS/c1-5(4-8(10)13)11-9-12-6(2)7(3)14-9/h5H,4H2,1-3H3,(H2,10,13)(H,11,12). The number of primary amides is 1. The molecule has 3 N–H and O–H groups in total. The van der Waals surface area contributed by atoms with Crippen LogP contribution in [0.2, 0.25) is 0 Å². The van der Waals surface area contributed by atoms with Crippen LogP contribution in [0, 0.1) is 13.8 Å². The van der Waals surface area contributed by atoms with Crippen molar-refractivity contribution >= 4 is 22.4 Å². The number of aryl methyl sites for hydroxylation is 2. The summed E-state index contributed by atoms with van der Waals surface area (Å²) >= 11 is 1.60. The molecule has 0 aliphatic rings. The van der Waals surface area contributed by atoms with Crippen molar-refractivity contribution in [3.8, 4) is 0 Å². The number of nitrogens with two attached hydrogens (primary N) is 1. The van der Waals surface area contributed by atoms with Gasteiger partial charge in [0.1, 0.15) is 0 Å². The molecule has 0 saturated carbocycles. The fraction of sp³-hybridized carbons (Fsp3) is 0.556. The Morgan fingerprint density at radius 2 is 2.29 bits per heavy atom. The SMILES string of the molecule is Cc1nc(NC(C)CC(N)=O)sc1C. The molecule has 0 spiro atoms. The lowest BCUT2D eigenvalue weighted by Crippen LogP contribution is -2.23. The molecule has 14 heavy (non-hydrogen) atoms. The van der Waals surface area contributed by atoms with E-state index in [1.807, 2.05) is 20.8 Å². The van der Waals surface area contributed by atoms with Crippen LogP contribution in [-0.4, -0.2) is 16.9 Å². The van der Waals surface area contributed by atoms with Crippen LogP contribution in [0.3, 0.4) is 0 Å². The van der Waals surface area contributed by atoms with Gasteiger partial charge in [0.15, 0.2) is 5.13 Å². The predicted molar refractivity (Wildman–Crippen MR) is 58.5 cm³/mol. The number of nitrogens with one attached hydrogen (secondary N) is 1. The third kappa shape index (κ3) is 2.99. The van der Waals surface area contributed by atoms with Crippen LogP contribution in [0.15, 0.2) is 0 Å². The monoisotopic (exact) mass is 213 g/mol. The maximum Gasteiger partial charge on any atom is 0.219 e. The second kappa shape index (κ2) is 4.41. The van der Waals surface area contributed by atoms with E-state index in [0.29, 0.717) is 6.42 Å². The Hall–Kier alpha value is -1.10.